The molecule has 0 heterocycles. The van der Waals surface area contributed by atoms with Crippen LogP contribution in [0.1, 0.15) is 10.4 Å². The van der Waals surface area contributed by atoms with Crippen molar-refractivity contribution in [2.45, 2.75) is 0 Å². The third-order valence-electron chi connectivity index (χ3n) is 2.01. The average Bonchev–Trinajstić information content (AvgIpc) is 2.38. The maximum Gasteiger partial charge on any atom is 0.412 e. The predicted molar refractivity (Wildman–Crippen MR) is 64.6 cm³/mol. The minimum Gasteiger partial charge on any atom is -0.505 e. The molecule has 18 heavy (non-hydrogen) atoms. The van der Waals surface area contributed by atoms with E-state index in [1.165, 1.54) is 31.4 Å². The maximum atomic E-state index is 11.3. The predicted octanol–water partition coefficient (Wildman–Crippen LogP) is 1.91. The van der Waals surface area contributed by atoms with Gasteiger partial charge in [-0.25, -0.2) is 9.59 Å². The number of ether oxygens (including phenoxy) is 2. The highest BCUT2D eigenvalue weighted by Crippen LogP contribution is 2.27. The van der Waals surface area contributed by atoms with Gasteiger partial charge in [0.1, 0.15) is 12.2 Å². The lowest BCUT2D eigenvalue weighted by molar-refractivity contribution is 0.0597. The summed E-state index contributed by atoms with van der Waals surface area (Å²) in [5, 5.41) is 12.1. The van der Waals surface area contributed by atoms with Gasteiger partial charge in [0.15, 0.2) is 5.75 Å². The number of hydrogen-bond donors (Lipinski definition) is 2. The van der Waals surface area contributed by atoms with Crippen LogP contribution in [0.4, 0.5) is 10.5 Å². The van der Waals surface area contributed by atoms with Crippen molar-refractivity contribution in [2.75, 3.05) is 19.0 Å². The molecule has 0 fully saturated rings. The number of phenolic OH excluding ortho intramolecular Hbond substituents is 1. The molecule has 0 aromatic heterocycles. The summed E-state index contributed by atoms with van der Waals surface area (Å²) in [7, 11) is 1.19. The second-order valence-corrected chi connectivity index (χ2v) is 3.21. The first-order valence-electron chi connectivity index (χ1n) is 5.05. The number of phenols is 1. The molecule has 0 atom stereocenters. The lowest BCUT2D eigenvalue weighted by Gasteiger charge is -2.09. The molecule has 0 unspecified atom stereocenters. The van der Waals surface area contributed by atoms with E-state index in [9.17, 15) is 14.7 Å². The fourth-order valence-electron chi connectivity index (χ4n) is 1.20. The molecule has 0 aliphatic heterocycles. The minimum atomic E-state index is -0.757. The van der Waals surface area contributed by atoms with Crippen molar-refractivity contribution in [1.82, 2.24) is 0 Å². The number of carbonyl (C=O) groups is 2. The van der Waals surface area contributed by atoms with Crippen LogP contribution in [-0.2, 0) is 9.47 Å². The Morgan fingerprint density at radius 2 is 2.22 bits per heavy atom. The van der Waals surface area contributed by atoms with Crippen molar-refractivity contribution in [3.05, 3.63) is 36.4 Å². The third kappa shape index (κ3) is 3.24. The van der Waals surface area contributed by atoms with Crippen molar-refractivity contribution in [2.24, 2.45) is 0 Å². The third-order valence-corrected chi connectivity index (χ3v) is 2.01. The highest BCUT2D eigenvalue weighted by molar-refractivity contribution is 5.97. The topological polar surface area (TPSA) is 84.9 Å². The van der Waals surface area contributed by atoms with Crippen LogP contribution < -0.4 is 5.32 Å². The van der Waals surface area contributed by atoms with Gasteiger partial charge < -0.3 is 14.6 Å². The fraction of sp³-hybridized carbons (Fsp3) is 0.167. The van der Waals surface area contributed by atoms with Crippen LogP contribution in [0.25, 0.3) is 0 Å². The zero-order valence-corrected chi connectivity index (χ0v) is 9.80. The number of methoxy groups -OCH3 is 1. The molecular formula is C12H13NO5. The summed E-state index contributed by atoms with van der Waals surface area (Å²) in [6, 6.07) is 4.30. The highest BCUT2D eigenvalue weighted by atomic mass is 16.5. The summed E-state index contributed by atoms with van der Waals surface area (Å²) in [5.74, 6) is -1.07. The first-order chi connectivity index (χ1) is 8.60. The second kappa shape index (κ2) is 6.29. The Labute approximate surface area is 104 Å². The van der Waals surface area contributed by atoms with E-state index in [0.717, 1.165) is 0 Å². The molecule has 1 rings (SSSR count). The van der Waals surface area contributed by atoms with Gasteiger partial charge in [0.2, 0.25) is 0 Å². The summed E-state index contributed by atoms with van der Waals surface area (Å²) in [6.07, 6.45) is 0.650. The van der Waals surface area contributed by atoms with E-state index in [-0.39, 0.29) is 23.6 Å². The van der Waals surface area contributed by atoms with Crippen LogP contribution in [0, 0.1) is 0 Å². The highest BCUT2D eigenvalue weighted by Gasteiger charge is 2.16. The number of rotatable bonds is 4. The van der Waals surface area contributed by atoms with Crippen molar-refractivity contribution >= 4 is 17.7 Å². The standard InChI is InChI=1S/C12H13NO5/c1-3-7-18-12(16)13-9-6-4-5-8(10(9)14)11(15)17-2/h3-6,14H,1,7H2,2H3,(H,13,16). The Hall–Kier alpha value is -2.50. The van der Waals surface area contributed by atoms with Gasteiger partial charge in [0.25, 0.3) is 0 Å². The molecule has 0 radical (unpaired) electrons. The van der Waals surface area contributed by atoms with Gasteiger partial charge in [-0.05, 0) is 12.1 Å². The number of hydrogen-bond acceptors (Lipinski definition) is 5. The second-order valence-electron chi connectivity index (χ2n) is 3.21. The van der Waals surface area contributed by atoms with Crippen LogP contribution in [0.2, 0.25) is 0 Å². The molecule has 2 N–H and O–H groups in total. The normalized spacial score (nSPS) is 9.39. The van der Waals surface area contributed by atoms with Crippen molar-refractivity contribution in [3.63, 3.8) is 0 Å². The number of carbonyl (C=O) groups excluding carboxylic acids is 2. The lowest BCUT2D eigenvalue weighted by atomic mass is 10.1. The van der Waals surface area contributed by atoms with Crippen LogP contribution in [0.5, 0.6) is 5.75 Å². The molecular weight excluding hydrogens is 238 g/mol. The van der Waals surface area contributed by atoms with E-state index in [0.29, 0.717) is 0 Å². The van der Waals surface area contributed by atoms with Gasteiger partial charge in [0, 0.05) is 0 Å². The monoisotopic (exact) mass is 251 g/mol. The Morgan fingerprint density at radius 3 is 2.83 bits per heavy atom. The van der Waals surface area contributed by atoms with Crippen molar-refractivity contribution in [1.29, 1.82) is 0 Å². The van der Waals surface area contributed by atoms with Crippen LogP contribution in [-0.4, -0.2) is 30.9 Å². The van der Waals surface area contributed by atoms with E-state index >= 15 is 0 Å². The quantitative estimate of drug-likeness (QED) is 0.485. The molecule has 1 aromatic carbocycles. The molecule has 0 aliphatic carbocycles. The number of aromatic hydroxyl groups is 1. The number of esters is 1. The molecule has 1 aromatic rings. The van der Waals surface area contributed by atoms with Gasteiger partial charge in [-0.1, -0.05) is 18.7 Å². The molecule has 0 aliphatic rings. The van der Waals surface area contributed by atoms with Gasteiger partial charge in [0.05, 0.1) is 12.8 Å². The number of benzene rings is 1. The zero-order valence-electron chi connectivity index (χ0n) is 9.80. The first-order valence-corrected chi connectivity index (χ1v) is 5.05. The van der Waals surface area contributed by atoms with Gasteiger partial charge in [-0.2, -0.15) is 0 Å². The molecule has 0 saturated carbocycles. The lowest BCUT2D eigenvalue weighted by Crippen LogP contribution is -2.14. The van der Waals surface area contributed by atoms with E-state index in [1.807, 2.05) is 0 Å². The van der Waals surface area contributed by atoms with Gasteiger partial charge >= 0.3 is 12.1 Å². The Bertz CT molecular complexity index is 470. The van der Waals surface area contributed by atoms with E-state index in [2.05, 4.69) is 21.4 Å². The number of anilines is 1. The molecule has 6 heteroatoms. The largest absolute Gasteiger partial charge is 0.505 e. The minimum absolute atomic E-state index is 0.0426. The SMILES string of the molecule is C=CCOC(=O)Nc1cccc(C(=O)OC)c1O. The Kier molecular flexibility index (Phi) is 4.74. The summed E-state index contributed by atoms with van der Waals surface area (Å²) in [5.41, 5.74) is 0.0194. The van der Waals surface area contributed by atoms with E-state index in [1.54, 1.807) is 0 Å². The molecule has 1 amide bonds. The Balaban J connectivity index is 2.87. The van der Waals surface area contributed by atoms with Gasteiger partial charge in [-0.15, -0.1) is 0 Å². The number of amides is 1. The maximum absolute atomic E-state index is 11.3. The molecule has 0 bridgehead atoms. The molecule has 0 saturated heterocycles. The molecule has 6 nitrogen and oxygen atoms in total. The zero-order chi connectivity index (χ0) is 13.5. The fourth-order valence-corrected chi connectivity index (χ4v) is 1.20. The summed E-state index contributed by atoms with van der Waals surface area (Å²) in [6.45, 7) is 3.43. The number of nitrogens with one attached hydrogen (secondary N) is 1. The van der Waals surface area contributed by atoms with Crippen molar-refractivity contribution in [3.8, 4) is 5.75 Å². The average molecular weight is 251 g/mol. The van der Waals surface area contributed by atoms with Crippen LogP contribution in [0.3, 0.4) is 0 Å². The van der Waals surface area contributed by atoms with Crippen molar-refractivity contribution < 1.29 is 24.2 Å². The van der Waals surface area contributed by atoms with Crippen LogP contribution >= 0.6 is 0 Å². The molecule has 0 spiro atoms. The summed E-state index contributed by atoms with van der Waals surface area (Å²) in [4.78, 5) is 22.6. The van der Waals surface area contributed by atoms with Crippen LogP contribution in [0.15, 0.2) is 30.9 Å². The number of para-hydroxylation sites is 1. The first kappa shape index (κ1) is 13.6. The summed E-state index contributed by atoms with van der Waals surface area (Å²) < 4.78 is 9.17. The summed E-state index contributed by atoms with van der Waals surface area (Å²) >= 11 is 0. The molecule has 96 valence electrons. The van der Waals surface area contributed by atoms with E-state index < -0.39 is 12.1 Å². The van der Waals surface area contributed by atoms with Gasteiger partial charge in [-0.3, -0.25) is 5.32 Å². The van der Waals surface area contributed by atoms with E-state index in [4.69, 9.17) is 0 Å². The Morgan fingerprint density at radius 1 is 1.50 bits per heavy atom. The smallest absolute Gasteiger partial charge is 0.412 e.